The molecule has 0 amide bonds. The van der Waals surface area contributed by atoms with Crippen LogP contribution in [0.5, 0.6) is 0 Å². The van der Waals surface area contributed by atoms with E-state index in [1.807, 2.05) is 12.1 Å². The summed E-state index contributed by atoms with van der Waals surface area (Å²) in [5.41, 5.74) is 0. The lowest BCUT2D eigenvalue weighted by atomic mass is 9.91. The Morgan fingerprint density at radius 2 is 2.00 bits per heavy atom. The third-order valence-electron chi connectivity index (χ3n) is 5.25. The average molecular weight is 353 g/mol. The zero-order valence-corrected chi connectivity index (χ0v) is 17.3. The highest BCUT2D eigenvalue weighted by Crippen LogP contribution is 2.40. The fourth-order valence-electron chi connectivity index (χ4n) is 2.61. The first-order valence-corrected chi connectivity index (χ1v) is 12.1. The van der Waals surface area contributed by atoms with Gasteiger partial charge in [0.25, 0.3) is 0 Å². The predicted octanol–water partition coefficient (Wildman–Crippen LogP) is 6.09. The van der Waals surface area contributed by atoms with Crippen molar-refractivity contribution in [1.29, 1.82) is 0 Å². The molecule has 0 fully saturated rings. The highest BCUT2D eigenvalue weighted by molar-refractivity contribution is 6.74. The normalized spacial score (nSPS) is 16.6. The highest BCUT2D eigenvalue weighted by atomic mass is 28.4. The monoisotopic (exact) mass is 352 g/mol. The smallest absolute Gasteiger partial charge is 0.192 e. The fraction of sp³-hybridized carbons (Fsp3) is 0.700. The molecular weight excluding hydrogens is 316 g/mol. The summed E-state index contributed by atoms with van der Waals surface area (Å²) in [7, 11) is -1.93. The molecule has 0 aliphatic rings. The van der Waals surface area contributed by atoms with Crippen molar-refractivity contribution in [3.63, 3.8) is 0 Å². The maximum atomic E-state index is 10.8. The molecule has 0 saturated carbocycles. The van der Waals surface area contributed by atoms with Crippen molar-refractivity contribution in [2.24, 2.45) is 5.92 Å². The Bertz CT molecular complexity index is 474. The lowest BCUT2D eigenvalue weighted by Gasteiger charge is -2.41. The molecule has 0 radical (unpaired) electrons. The van der Waals surface area contributed by atoms with E-state index >= 15 is 0 Å². The fourth-order valence-corrected chi connectivity index (χ4v) is 4.00. The summed E-state index contributed by atoms with van der Waals surface area (Å²) in [6, 6.07) is 3.62. The van der Waals surface area contributed by atoms with Gasteiger partial charge in [0.1, 0.15) is 11.9 Å². The summed E-state index contributed by atoms with van der Waals surface area (Å²) in [5, 5.41) is 10.9. The van der Waals surface area contributed by atoms with Gasteiger partial charge < -0.3 is 13.9 Å². The minimum absolute atomic E-state index is 0.0324. The number of rotatable bonds is 10. The van der Waals surface area contributed by atoms with E-state index in [4.69, 9.17) is 8.84 Å². The quantitative estimate of drug-likeness (QED) is 0.315. The van der Waals surface area contributed by atoms with Crippen LogP contribution in [0.15, 0.2) is 35.5 Å². The Hall–Kier alpha value is -0.843. The van der Waals surface area contributed by atoms with Crippen LogP contribution in [0.2, 0.25) is 18.1 Å². The second kappa shape index (κ2) is 9.02. The van der Waals surface area contributed by atoms with Gasteiger partial charge in [0.15, 0.2) is 8.32 Å². The summed E-state index contributed by atoms with van der Waals surface area (Å²) in [6.07, 6.45) is 7.07. The predicted molar refractivity (Wildman–Crippen MR) is 104 cm³/mol. The van der Waals surface area contributed by atoms with Gasteiger partial charge in [0, 0.05) is 5.92 Å². The number of furan rings is 1. The molecule has 138 valence electrons. The zero-order valence-electron chi connectivity index (χ0n) is 16.3. The molecule has 3 atom stereocenters. The van der Waals surface area contributed by atoms with Crippen LogP contribution in [0.3, 0.4) is 0 Å². The van der Waals surface area contributed by atoms with Gasteiger partial charge in [-0.25, -0.2) is 0 Å². The molecule has 1 heterocycles. The molecule has 0 aromatic carbocycles. The zero-order chi connectivity index (χ0) is 18.4. The molecule has 0 saturated heterocycles. The van der Waals surface area contributed by atoms with Crippen molar-refractivity contribution in [3.8, 4) is 0 Å². The number of aliphatic hydroxyl groups is 1. The second-order valence-corrected chi connectivity index (χ2v) is 12.9. The summed E-state index contributed by atoms with van der Waals surface area (Å²) in [5.74, 6) is 0.418. The van der Waals surface area contributed by atoms with Crippen molar-refractivity contribution < 1.29 is 13.9 Å². The number of aliphatic hydroxyl groups excluding tert-OH is 1. The molecule has 1 rings (SSSR count). The van der Waals surface area contributed by atoms with Crippen molar-refractivity contribution in [1.82, 2.24) is 0 Å². The van der Waals surface area contributed by atoms with Crippen molar-refractivity contribution >= 4 is 8.32 Å². The standard InChI is InChI=1S/C20H36O3Si/c1-8-10-11-13-17(23-24(6,7)20(3,4)5)16(9-2)19(21)18-14-12-15-22-18/h9,12,14-17,19,21H,2,8,10-11,13H2,1,3-7H3/t16-,17+,19+/m0/s1. The molecule has 1 N–H and O–H groups in total. The van der Waals surface area contributed by atoms with Gasteiger partial charge in [0.05, 0.1) is 12.4 Å². The molecule has 24 heavy (non-hydrogen) atoms. The molecule has 1 aromatic rings. The molecule has 0 spiro atoms. The highest BCUT2D eigenvalue weighted by Gasteiger charge is 2.41. The number of hydrogen-bond acceptors (Lipinski definition) is 3. The molecule has 0 aliphatic carbocycles. The molecular formula is C20H36O3Si. The molecule has 4 heteroatoms. The maximum absolute atomic E-state index is 10.8. The van der Waals surface area contributed by atoms with E-state index in [0.29, 0.717) is 5.76 Å². The van der Waals surface area contributed by atoms with E-state index in [1.165, 1.54) is 12.8 Å². The Morgan fingerprint density at radius 3 is 2.46 bits per heavy atom. The second-order valence-electron chi connectivity index (χ2n) is 8.19. The van der Waals surface area contributed by atoms with Gasteiger partial charge in [-0.1, -0.05) is 53.0 Å². The number of unbranched alkanes of at least 4 members (excludes halogenated alkanes) is 2. The van der Waals surface area contributed by atoms with Gasteiger partial charge in [-0.05, 0) is 36.7 Å². The van der Waals surface area contributed by atoms with E-state index in [2.05, 4.69) is 47.4 Å². The Morgan fingerprint density at radius 1 is 1.33 bits per heavy atom. The third-order valence-corrected chi connectivity index (χ3v) is 9.75. The SMILES string of the molecule is C=C[C@@H]([C@@H](CCCCC)O[Si](C)(C)C(C)(C)C)[C@@H](O)c1ccco1. The van der Waals surface area contributed by atoms with Gasteiger partial charge in [-0.2, -0.15) is 0 Å². The topological polar surface area (TPSA) is 42.6 Å². The maximum Gasteiger partial charge on any atom is 0.192 e. The lowest BCUT2D eigenvalue weighted by molar-refractivity contribution is 0.0255. The van der Waals surface area contributed by atoms with Gasteiger partial charge in [-0.15, -0.1) is 6.58 Å². The Balaban J connectivity index is 2.99. The molecule has 0 unspecified atom stereocenters. The minimum Gasteiger partial charge on any atom is -0.467 e. The molecule has 3 nitrogen and oxygen atoms in total. The van der Waals surface area contributed by atoms with Crippen LogP contribution in [0.4, 0.5) is 0 Å². The third kappa shape index (κ3) is 5.61. The Kier molecular flexibility index (Phi) is 7.97. The summed E-state index contributed by atoms with van der Waals surface area (Å²) >= 11 is 0. The molecule has 0 aliphatic heterocycles. The van der Waals surface area contributed by atoms with E-state index < -0.39 is 14.4 Å². The van der Waals surface area contributed by atoms with Gasteiger partial charge >= 0.3 is 0 Å². The summed E-state index contributed by atoms with van der Waals surface area (Å²) < 4.78 is 12.1. The van der Waals surface area contributed by atoms with Gasteiger partial charge in [-0.3, -0.25) is 0 Å². The summed E-state index contributed by atoms with van der Waals surface area (Å²) in [6.45, 7) is 17.4. The van der Waals surface area contributed by atoms with Crippen LogP contribution in [-0.2, 0) is 4.43 Å². The van der Waals surface area contributed by atoms with Gasteiger partial charge in [0.2, 0.25) is 0 Å². The molecule has 0 bridgehead atoms. The van der Waals surface area contributed by atoms with E-state index in [9.17, 15) is 5.11 Å². The van der Waals surface area contributed by atoms with Crippen LogP contribution < -0.4 is 0 Å². The molecule has 1 aromatic heterocycles. The van der Waals surface area contributed by atoms with Crippen LogP contribution in [0.25, 0.3) is 0 Å². The lowest BCUT2D eigenvalue weighted by Crippen LogP contribution is -2.46. The summed E-state index contributed by atoms with van der Waals surface area (Å²) in [4.78, 5) is 0. The first-order valence-electron chi connectivity index (χ1n) is 9.16. The van der Waals surface area contributed by atoms with Crippen LogP contribution in [0.1, 0.15) is 65.2 Å². The van der Waals surface area contributed by atoms with Crippen LogP contribution in [-0.4, -0.2) is 19.5 Å². The Labute approximate surface area is 149 Å². The van der Waals surface area contributed by atoms with E-state index in [-0.39, 0.29) is 17.1 Å². The van der Waals surface area contributed by atoms with Crippen LogP contribution >= 0.6 is 0 Å². The van der Waals surface area contributed by atoms with E-state index in [0.717, 1.165) is 12.8 Å². The van der Waals surface area contributed by atoms with Crippen LogP contribution in [0, 0.1) is 5.92 Å². The van der Waals surface area contributed by atoms with E-state index in [1.54, 1.807) is 12.3 Å². The first kappa shape index (κ1) is 21.2. The average Bonchev–Trinajstić information content (AvgIpc) is 3.00. The van der Waals surface area contributed by atoms with Crippen molar-refractivity contribution in [2.45, 2.75) is 83.7 Å². The minimum atomic E-state index is -1.93. The van der Waals surface area contributed by atoms with Crippen molar-refractivity contribution in [3.05, 3.63) is 36.8 Å². The van der Waals surface area contributed by atoms with Crippen molar-refractivity contribution in [2.75, 3.05) is 0 Å². The number of hydrogen-bond donors (Lipinski definition) is 1. The first-order chi connectivity index (χ1) is 11.1. The largest absolute Gasteiger partial charge is 0.467 e.